The average Bonchev–Trinajstić information content (AvgIpc) is 2.84. The van der Waals surface area contributed by atoms with Crippen LogP contribution in [0.25, 0.3) is 11.5 Å². The Morgan fingerprint density at radius 3 is 3.00 bits per heavy atom. The van der Waals surface area contributed by atoms with Crippen LogP contribution in [0.15, 0.2) is 12.4 Å². The van der Waals surface area contributed by atoms with E-state index >= 15 is 0 Å². The Labute approximate surface area is 102 Å². The predicted molar refractivity (Wildman–Crippen MR) is 64.7 cm³/mol. The Balaban J connectivity index is 2.48. The number of rotatable bonds is 3. The summed E-state index contributed by atoms with van der Waals surface area (Å²) < 4.78 is 6.73. The number of carbonyl (C=O) groups is 1. The van der Waals surface area contributed by atoms with Crippen molar-refractivity contribution >= 4 is 22.4 Å². The first kappa shape index (κ1) is 11.6. The maximum Gasteiger partial charge on any atom is 0.350 e. The molecular formula is C10H12N4O2S. The molecule has 0 aliphatic rings. The van der Waals surface area contributed by atoms with E-state index in [-0.39, 0.29) is 0 Å². The van der Waals surface area contributed by atoms with E-state index in [1.54, 1.807) is 23.9 Å². The minimum Gasteiger partial charge on any atom is -0.462 e. The number of carbonyl (C=O) groups excluding carboxylic acids is 1. The van der Waals surface area contributed by atoms with E-state index in [1.165, 1.54) is 0 Å². The summed E-state index contributed by atoms with van der Waals surface area (Å²) >= 11 is 1.11. The molecule has 6 nitrogen and oxygen atoms in total. The molecule has 0 saturated heterocycles. The molecule has 0 unspecified atom stereocenters. The van der Waals surface area contributed by atoms with Gasteiger partial charge in [-0.2, -0.15) is 0 Å². The number of nitrogens with zero attached hydrogens (tertiary/aromatic N) is 3. The first-order valence-corrected chi connectivity index (χ1v) is 5.86. The van der Waals surface area contributed by atoms with Gasteiger partial charge in [0.15, 0.2) is 11.0 Å². The predicted octanol–water partition coefficient (Wildman–Crippen LogP) is 1.30. The minimum atomic E-state index is -0.417. The Kier molecular flexibility index (Phi) is 3.10. The number of aromatic nitrogens is 3. The van der Waals surface area contributed by atoms with Crippen LogP contribution in [0, 0.1) is 0 Å². The van der Waals surface area contributed by atoms with Gasteiger partial charge in [-0.25, -0.2) is 14.8 Å². The zero-order valence-corrected chi connectivity index (χ0v) is 10.3. The van der Waals surface area contributed by atoms with Crippen LogP contribution in [-0.4, -0.2) is 27.1 Å². The lowest BCUT2D eigenvalue weighted by Gasteiger charge is -2.02. The molecule has 0 saturated carbocycles. The molecule has 0 atom stereocenters. The number of nitrogen functional groups attached to an aromatic ring is 1. The van der Waals surface area contributed by atoms with Crippen LogP contribution in [0.1, 0.15) is 16.6 Å². The number of anilines is 1. The molecule has 0 fully saturated rings. The van der Waals surface area contributed by atoms with Crippen LogP contribution in [0.4, 0.5) is 5.13 Å². The van der Waals surface area contributed by atoms with E-state index in [9.17, 15) is 4.79 Å². The number of imidazole rings is 1. The molecule has 2 heterocycles. The molecule has 0 aromatic carbocycles. The lowest BCUT2D eigenvalue weighted by atomic mass is 10.3. The fourth-order valence-electron chi connectivity index (χ4n) is 1.42. The van der Waals surface area contributed by atoms with Crippen molar-refractivity contribution in [3.05, 3.63) is 17.3 Å². The van der Waals surface area contributed by atoms with E-state index in [2.05, 4.69) is 9.97 Å². The van der Waals surface area contributed by atoms with Crippen LogP contribution in [0.3, 0.4) is 0 Å². The van der Waals surface area contributed by atoms with Crippen LogP contribution in [0.2, 0.25) is 0 Å². The van der Waals surface area contributed by atoms with Gasteiger partial charge in [0.1, 0.15) is 10.6 Å². The van der Waals surface area contributed by atoms with Gasteiger partial charge in [0.25, 0.3) is 0 Å². The quantitative estimate of drug-likeness (QED) is 0.832. The molecule has 0 amide bonds. The fourth-order valence-corrected chi connectivity index (χ4v) is 2.14. The van der Waals surface area contributed by atoms with Crippen molar-refractivity contribution < 1.29 is 9.53 Å². The van der Waals surface area contributed by atoms with Crippen molar-refractivity contribution in [3.8, 4) is 11.5 Å². The highest BCUT2D eigenvalue weighted by Gasteiger charge is 2.22. The maximum absolute atomic E-state index is 11.7. The number of hydrogen-bond acceptors (Lipinski definition) is 6. The Hall–Kier alpha value is -1.89. The van der Waals surface area contributed by atoms with E-state index < -0.39 is 5.97 Å². The lowest BCUT2D eigenvalue weighted by molar-refractivity contribution is 0.0532. The molecule has 2 N–H and O–H groups in total. The van der Waals surface area contributed by atoms with Gasteiger partial charge in [-0.1, -0.05) is 11.3 Å². The Morgan fingerprint density at radius 1 is 1.65 bits per heavy atom. The summed E-state index contributed by atoms with van der Waals surface area (Å²) in [5, 5.41) is 0.325. The van der Waals surface area contributed by atoms with Gasteiger partial charge in [0.2, 0.25) is 0 Å². The summed E-state index contributed by atoms with van der Waals surface area (Å²) in [6, 6.07) is 0. The van der Waals surface area contributed by atoms with Gasteiger partial charge in [-0.3, -0.25) is 0 Å². The zero-order valence-electron chi connectivity index (χ0n) is 9.51. The molecule has 90 valence electrons. The first-order chi connectivity index (χ1) is 8.13. The zero-order chi connectivity index (χ0) is 12.4. The number of nitrogens with two attached hydrogens (primary N) is 1. The van der Waals surface area contributed by atoms with Gasteiger partial charge in [-0.05, 0) is 6.92 Å². The van der Waals surface area contributed by atoms with Crippen molar-refractivity contribution in [2.45, 2.75) is 6.92 Å². The third-order valence-corrected chi connectivity index (χ3v) is 3.00. The molecule has 0 aliphatic heterocycles. The normalized spacial score (nSPS) is 10.5. The van der Waals surface area contributed by atoms with E-state index in [0.717, 1.165) is 11.3 Å². The molecule has 0 aliphatic carbocycles. The van der Waals surface area contributed by atoms with Crippen molar-refractivity contribution in [1.82, 2.24) is 14.5 Å². The van der Waals surface area contributed by atoms with Crippen molar-refractivity contribution in [3.63, 3.8) is 0 Å². The van der Waals surface area contributed by atoms with Gasteiger partial charge in [0, 0.05) is 19.4 Å². The molecule has 0 bridgehead atoms. The molecule has 2 aromatic heterocycles. The van der Waals surface area contributed by atoms with Crippen molar-refractivity contribution in [1.29, 1.82) is 0 Å². The summed E-state index contributed by atoms with van der Waals surface area (Å²) in [5.74, 6) is 0.181. The number of esters is 1. The van der Waals surface area contributed by atoms with Gasteiger partial charge in [-0.15, -0.1) is 0 Å². The largest absolute Gasteiger partial charge is 0.462 e. The van der Waals surface area contributed by atoms with E-state index in [1.807, 2.05) is 7.05 Å². The first-order valence-electron chi connectivity index (χ1n) is 5.04. The highest BCUT2D eigenvalue weighted by Crippen LogP contribution is 2.28. The maximum atomic E-state index is 11.7. The van der Waals surface area contributed by atoms with Gasteiger partial charge >= 0.3 is 5.97 Å². The summed E-state index contributed by atoms with van der Waals surface area (Å²) in [6.07, 6.45) is 3.42. The minimum absolute atomic E-state index is 0.316. The molecule has 2 aromatic rings. The van der Waals surface area contributed by atoms with Crippen LogP contribution >= 0.6 is 11.3 Å². The van der Waals surface area contributed by atoms with E-state index in [0.29, 0.717) is 28.1 Å². The summed E-state index contributed by atoms with van der Waals surface area (Å²) in [4.78, 5) is 20.4. The van der Waals surface area contributed by atoms with E-state index in [4.69, 9.17) is 10.5 Å². The Bertz CT molecular complexity index is 546. The molecule has 0 radical (unpaired) electrons. The van der Waals surface area contributed by atoms with Crippen molar-refractivity contribution in [2.75, 3.05) is 12.3 Å². The molecule has 7 heteroatoms. The average molecular weight is 252 g/mol. The molecule has 2 rings (SSSR count). The summed E-state index contributed by atoms with van der Waals surface area (Å²) in [5.41, 5.74) is 6.10. The standard InChI is InChI=1S/C10H12N4O2S/c1-3-16-9(15)7-6(13-10(11)17-7)8-12-4-5-14(8)2/h4-5H,3H2,1-2H3,(H2,11,13). The number of hydrogen-bond donors (Lipinski definition) is 1. The number of ether oxygens (including phenoxy) is 1. The Morgan fingerprint density at radius 2 is 2.41 bits per heavy atom. The molecule has 0 spiro atoms. The topological polar surface area (TPSA) is 83.0 Å². The highest BCUT2D eigenvalue weighted by molar-refractivity contribution is 7.17. The third kappa shape index (κ3) is 2.14. The van der Waals surface area contributed by atoms with Crippen molar-refractivity contribution in [2.24, 2.45) is 7.05 Å². The monoisotopic (exact) mass is 252 g/mol. The second-order valence-electron chi connectivity index (χ2n) is 3.31. The molecular weight excluding hydrogens is 240 g/mol. The van der Waals surface area contributed by atoms with Crippen LogP contribution in [-0.2, 0) is 11.8 Å². The van der Waals surface area contributed by atoms with Crippen LogP contribution < -0.4 is 5.73 Å². The highest BCUT2D eigenvalue weighted by atomic mass is 32.1. The summed E-state index contributed by atoms with van der Waals surface area (Å²) in [6.45, 7) is 2.07. The van der Waals surface area contributed by atoms with Crippen LogP contribution in [0.5, 0.6) is 0 Å². The second-order valence-corrected chi connectivity index (χ2v) is 4.34. The molecule has 17 heavy (non-hydrogen) atoms. The second kappa shape index (κ2) is 4.54. The van der Waals surface area contributed by atoms with Gasteiger partial charge in [0.05, 0.1) is 6.61 Å². The number of aryl methyl sites for hydroxylation is 1. The number of thiazole rings is 1. The van der Waals surface area contributed by atoms with Gasteiger partial charge < -0.3 is 15.0 Å². The fraction of sp³-hybridized carbons (Fsp3) is 0.300. The summed E-state index contributed by atoms with van der Waals surface area (Å²) in [7, 11) is 1.83. The SMILES string of the molecule is CCOC(=O)c1sc(N)nc1-c1nccn1C. The smallest absolute Gasteiger partial charge is 0.350 e. The lowest BCUT2D eigenvalue weighted by Crippen LogP contribution is -2.05. The third-order valence-electron chi connectivity index (χ3n) is 2.14.